The zero-order chi connectivity index (χ0) is 15.6. The maximum atomic E-state index is 10.9. The largest absolute Gasteiger partial charge is 0.507 e. The van der Waals surface area contributed by atoms with Gasteiger partial charge in [0.15, 0.2) is 0 Å². The zero-order valence-corrected chi connectivity index (χ0v) is 14.4. The number of hydrogen-bond acceptors (Lipinski definition) is 1. The normalized spacial score (nSPS) is 12.8. The molecule has 0 aliphatic rings. The number of hydrogen-bond donors (Lipinski definition) is 1. The van der Waals surface area contributed by atoms with Crippen molar-refractivity contribution in [2.24, 2.45) is 0 Å². The Labute approximate surface area is 125 Å². The van der Waals surface area contributed by atoms with E-state index in [1.54, 1.807) is 0 Å². The topological polar surface area (TPSA) is 20.2 Å². The summed E-state index contributed by atoms with van der Waals surface area (Å²) in [5.41, 5.74) is 3.64. The van der Waals surface area contributed by atoms with Crippen LogP contribution in [0.15, 0.2) is 12.1 Å². The molecule has 0 saturated carbocycles. The Morgan fingerprint density at radius 1 is 0.850 bits per heavy atom. The van der Waals surface area contributed by atoms with E-state index in [2.05, 4.69) is 60.6 Å². The number of benzene rings is 1. The van der Waals surface area contributed by atoms with Crippen molar-refractivity contribution in [3.63, 3.8) is 0 Å². The quantitative estimate of drug-likeness (QED) is 0.690. The summed E-state index contributed by atoms with van der Waals surface area (Å²) in [4.78, 5) is 0. The standard InChI is InChI=1S/C19H32O/c1-8-18(6,7)15-12-14(5)13-16(17(15)20)19(9-2,10-3)11-4/h12-13,20H,8-11H2,1-7H3. The SMILES string of the molecule is CCC(C)(C)c1cc(C)cc(C(CC)(CC)CC)c1O. The first-order valence-corrected chi connectivity index (χ1v) is 8.12. The molecule has 0 saturated heterocycles. The predicted octanol–water partition coefficient (Wildman–Crippen LogP) is 5.86. The molecule has 0 radical (unpaired) electrons. The summed E-state index contributed by atoms with van der Waals surface area (Å²) in [6, 6.07) is 4.36. The van der Waals surface area contributed by atoms with Crippen molar-refractivity contribution in [2.45, 2.75) is 85.0 Å². The summed E-state index contributed by atoms with van der Waals surface area (Å²) in [5.74, 6) is 0.535. The number of phenolic OH excluding ortho intramolecular Hbond substituents is 1. The second kappa shape index (κ2) is 6.20. The van der Waals surface area contributed by atoms with Gasteiger partial charge in [-0.25, -0.2) is 0 Å². The van der Waals surface area contributed by atoms with Gasteiger partial charge < -0.3 is 5.11 Å². The fourth-order valence-corrected chi connectivity index (χ4v) is 3.21. The van der Waals surface area contributed by atoms with E-state index in [-0.39, 0.29) is 10.8 Å². The van der Waals surface area contributed by atoms with Gasteiger partial charge in [0.05, 0.1) is 0 Å². The molecular formula is C19H32O. The Morgan fingerprint density at radius 2 is 1.30 bits per heavy atom. The second-order valence-corrected chi connectivity index (χ2v) is 6.79. The van der Waals surface area contributed by atoms with E-state index in [0.29, 0.717) is 5.75 Å². The van der Waals surface area contributed by atoms with Crippen molar-refractivity contribution in [1.29, 1.82) is 0 Å². The van der Waals surface area contributed by atoms with Crippen LogP contribution in [0.1, 0.15) is 83.9 Å². The van der Waals surface area contributed by atoms with E-state index in [1.165, 1.54) is 5.56 Å². The average Bonchev–Trinajstić information content (AvgIpc) is 2.44. The van der Waals surface area contributed by atoms with Gasteiger partial charge in [0.1, 0.15) is 5.75 Å². The highest BCUT2D eigenvalue weighted by Gasteiger charge is 2.33. The zero-order valence-electron chi connectivity index (χ0n) is 14.4. The van der Waals surface area contributed by atoms with E-state index >= 15 is 0 Å². The molecule has 0 aromatic heterocycles. The predicted molar refractivity (Wildman–Crippen MR) is 88.7 cm³/mol. The lowest BCUT2D eigenvalue weighted by molar-refractivity contribution is 0.349. The van der Waals surface area contributed by atoms with E-state index in [4.69, 9.17) is 0 Å². The van der Waals surface area contributed by atoms with Crippen molar-refractivity contribution >= 4 is 0 Å². The third kappa shape index (κ3) is 2.87. The lowest BCUT2D eigenvalue weighted by atomic mass is 9.70. The van der Waals surface area contributed by atoms with Gasteiger partial charge in [-0.1, -0.05) is 59.2 Å². The molecule has 0 amide bonds. The number of phenols is 1. The van der Waals surface area contributed by atoms with Gasteiger partial charge in [-0.2, -0.15) is 0 Å². The minimum Gasteiger partial charge on any atom is -0.507 e. The van der Waals surface area contributed by atoms with Crippen molar-refractivity contribution in [3.05, 3.63) is 28.8 Å². The van der Waals surface area contributed by atoms with Crippen LogP contribution in [0.25, 0.3) is 0 Å². The molecule has 20 heavy (non-hydrogen) atoms. The van der Waals surface area contributed by atoms with E-state index < -0.39 is 0 Å². The van der Waals surface area contributed by atoms with E-state index in [9.17, 15) is 5.11 Å². The molecular weight excluding hydrogens is 244 g/mol. The van der Waals surface area contributed by atoms with Crippen molar-refractivity contribution in [1.82, 2.24) is 0 Å². The Kier molecular flexibility index (Phi) is 5.29. The molecule has 0 atom stereocenters. The van der Waals surface area contributed by atoms with Gasteiger partial charge in [-0.05, 0) is 43.4 Å². The fourth-order valence-electron chi connectivity index (χ4n) is 3.21. The van der Waals surface area contributed by atoms with Gasteiger partial charge >= 0.3 is 0 Å². The summed E-state index contributed by atoms with van der Waals surface area (Å²) >= 11 is 0. The molecule has 0 aliphatic heterocycles. The molecule has 0 unspecified atom stereocenters. The lowest BCUT2D eigenvalue weighted by Gasteiger charge is -2.35. The molecule has 0 aliphatic carbocycles. The van der Waals surface area contributed by atoms with Crippen LogP contribution in [-0.4, -0.2) is 5.11 Å². The van der Waals surface area contributed by atoms with Gasteiger partial charge in [-0.15, -0.1) is 0 Å². The minimum atomic E-state index is 0.0197. The van der Waals surface area contributed by atoms with E-state index in [1.807, 2.05) is 0 Å². The number of rotatable bonds is 6. The van der Waals surface area contributed by atoms with Crippen LogP contribution in [0.4, 0.5) is 0 Å². The van der Waals surface area contributed by atoms with E-state index in [0.717, 1.165) is 36.8 Å². The molecule has 0 heterocycles. The molecule has 1 rings (SSSR count). The van der Waals surface area contributed by atoms with Crippen LogP contribution >= 0.6 is 0 Å². The molecule has 0 spiro atoms. The summed E-state index contributed by atoms with van der Waals surface area (Å²) in [6.45, 7) is 15.5. The number of aryl methyl sites for hydroxylation is 1. The van der Waals surface area contributed by atoms with Gasteiger partial charge in [-0.3, -0.25) is 0 Å². The van der Waals surface area contributed by atoms with Crippen LogP contribution in [-0.2, 0) is 10.8 Å². The summed E-state index contributed by atoms with van der Waals surface area (Å²) in [7, 11) is 0. The maximum Gasteiger partial charge on any atom is 0.123 e. The first kappa shape index (κ1) is 17.1. The van der Waals surface area contributed by atoms with Gasteiger partial charge in [0.2, 0.25) is 0 Å². The highest BCUT2D eigenvalue weighted by molar-refractivity contribution is 5.50. The van der Waals surface area contributed by atoms with Crippen molar-refractivity contribution in [2.75, 3.05) is 0 Å². The third-order valence-corrected chi connectivity index (χ3v) is 5.47. The molecule has 1 heteroatoms. The molecule has 1 nitrogen and oxygen atoms in total. The van der Waals surface area contributed by atoms with Crippen molar-refractivity contribution < 1.29 is 5.11 Å². The van der Waals surface area contributed by atoms with Crippen LogP contribution in [0.2, 0.25) is 0 Å². The summed E-state index contributed by atoms with van der Waals surface area (Å²) in [5, 5.41) is 10.9. The Hall–Kier alpha value is -0.980. The van der Waals surface area contributed by atoms with Gasteiger partial charge in [0, 0.05) is 11.1 Å². The van der Waals surface area contributed by atoms with Crippen LogP contribution in [0.3, 0.4) is 0 Å². The summed E-state index contributed by atoms with van der Waals surface area (Å²) < 4.78 is 0. The smallest absolute Gasteiger partial charge is 0.123 e. The van der Waals surface area contributed by atoms with Crippen molar-refractivity contribution in [3.8, 4) is 5.75 Å². The average molecular weight is 276 g/mol. The van der Waals surface area contributed by atoms with Gasteiger partial charge in [0.25, 0.3) is 0 Å². The summed E-state index contributed by atoms with van der Waals surface area (Å²) in [6.07, 6.45) is 4.25. The van der Waals surface area contributed by atoms with Crippen LogP contribution in [0, 0.1) is 6.92 Å². The fraction of sp³-hybridized carbons (Fsp3) is 0.684. The second-order valence-electron chi connectivity index (χ2n) is 6.79. The Morgan fingerprint density at radius 3 is 1.70 bits per heavy atom. The highest BCUT2D eigenvalue weighted by Crippen LogP contribution is 2.45. The number of aromatic hydroxyl groups is 1. The molecule has 1 aromatic rings. The minimum absolute atomic E-state index is 0.0197. The van der Waals surface area contributed by atoms with Crippen LogP contribution < -0.4 is 0 Å². The maximum absolute atomic E-state index is 10.9. The molecule has 0 fully saturated rings. The Bertz CT molecular complexity index is 445. The monoisotopic (exact) mass is 276 g/mol. The first-order valence-electron chi connectivity index (χ1n) is 8.12. The Balaban J connectivity index is 3.58. The molecule has 114 valence electrons. The third-order valence-electron chi connectivity index (χ3n) is 5.47. The highest BCUT2D eigenvalue weighted by atomic mass is 16.3. The molecule has 1 N–H and O–H groups in total. The molecule has 1 aromatic carbocycles. The lowest BCUT2D eigenvalue weighted by Crippen LogP contribution is -2.25. The first-order chi connectivity index (χ1) is 9.27. The van der Waals surface area contributed by atoms with Crippen LogP contribution in [0.5, 0.6) is 5.75 Å². The molecule has 0 bridgehead atoms.